The summed E-state index contributed by atoms with van der Waals surface area (Å²) < 4.78 is 33.8. The van der Waals surface area contributed by atoms with E-state index in [1.165, 1.54) is 18.0 Å². The van der Waals surface area contributed by atoms with E-state index < -0.39 is 10.0 Å². The number of sulfonamides is 1. The molecule has 3 heterocycles. The number of aryl methyl sites for hydroxylation is 1. The Labute approximate surface area is 158 Å². The molecule has 0 aromatic carbocycles. The average Bonchev–Trinajstić information content (AvgIpc) is 3.23. The van der Waals surface area contributed by atoms with Crippen molar-refractivity contribution >= 4 is 21.8 Å². The van der Waals surface area contributed by atoms with Crippen LogP contribution < -0.4 is 4.72 Å². The highest BCUT2D eigenvalue weighted by Gasteiger charge is 2.34. The molecule has 0 radical (unpaired) electrons. The van der Waals surface area contributed by atoms with Crippen molar-refractivity contribution in [2.45, 2.75) is 42.6 Å². The van der Waals surface area contributed by atoms with E-state index in [1.807, 2.05) is 23.7 Å². The van der Waals surface area contributed by atoms with Gasteiger partial charge in [-0.3, -0.25) is 4.90 Å². The second-order valence-electron chi connectivity index (χ2n) is 6.79. The maximum atomic E-state index is 11.6. The molecule has 0 saturated carbocycles. The van der Waals surface area contributed by atoms with Crippen LogP contribution >= 0.6 is 11.8 Å². The number of aromatic nitrogens is 3. The minimum atomic E-state index is -3.20. The summed E-state index contributed by atoms with van der Waals surface area (Å²) in [5, 5.41) is 9.44. The molecule has 26 heavy (non-hydrogen) atoms. The third kappa shape index (κ3) is 5.09. The lowest BCUT2D eigenvalue weighted by Gasteiger charge is -2.17. The van der Waals surface area contributed by atoms with Gasteiger partial charge in [-0.2, -0.15) is 0 Å². The van der Waals surface area contributed by atoms with Gasteiger partial charge in [0.15, 0.2) is 10.2 Å². The lowest BCUT2D eigenvalue weighted by molar-refractivity contribution is 0.273. The third-order valence-electron chi connectivity index (χ3n) is 4.42. The molecular weight excluding hydrogens is 374 g/mol. The third-order valence-corrected chi connectivity index (χ3v) is 6.12. The second kappa shape index (κ2) is 8.12. The van der Waals surface area contributed by atoms with Crippen molar-refractivity contribution in [3.8, 4) is 0 Å². The van der Waals surface area contributed by atoms with Crippen molar-refractivity contribution in [2.24, 2.45) is 13.0 Å². The molecule has 0 bridgehead atoms. The Hall–Kier alpha value is -1.36. The number of hydrogen-bond donors (Lipinski definition) is 1. The lowest BCUT2D eigenvalue weighted by Crippen LogP contribution is -2.39. The predicted octanol–water partition coefficient (Wildman–Crippen LogP) is 1.71. The van der Waals surface area contributed by atoms with Crippen LogP contribution in [0.25, 0.3) is 0 Å². The molecule has 0 amide bonds. The summed E-state index contributed by atoms with van der Waals surface area (Å²) in [4.78, 5) is 2.25. The fourth-order valence-electron chi connectivity index (χ4n) is 3.33. The van der Waals surface area contributed by atoms with Gasteiger partial charge in [0.25, 0.3) is 0 Å². The van der Waals surface area contributed by atoms with Crippen LogP contribution in [0.3, 0.4) is 0 Å². The van der Waals surface area contributed by atoms with Crippen LogP contribution in [-0.2, 0) is 23.6 Å². The molecule has 0 unspecified atom stereocenters. The molecule has 144 valence electrons. The number of nitrogens with one attached hydrogen (secondary N) is 1. The summed E-state index contributed by atoms with van der Waals surface area (Å²) in [6.45, 7) is 4.36. The summed E-state index contributed by atoms with van der Waals surface area (Å²) >= 11 is 1.43. The molecule has 0 aliphatic carbocycles. The van der Waals surface area contributed by atoms with Gasteiger partial charge in [0.1, 0.15) is 12.1 Å². The molecule has 3 rings (SSSR count). The predicted molar refractivity (Wildman–Crippen MR) is 99.3 cm³/mol. The molecule has 2 aromatic heterocycles. The van der Waals surface area contributed by atoms with E-state index in [-0.39, 0.29) is 6.04 Å². The largest absolute Gasteiger partial charge is 0.453 e. The van der Waals surface area contributed by atoms with E-state index in [0.29, 0.717) is 19.0 Å². The van der Waals surface area contributed by atoms with Crippen LogP contribution in [0.2, 0.25) is 0 Å². The fraction of sp³-hybridized carbons (Fsp3) is 0.625. The van der Waals surface area contributed by atoms with Gasteiger partial charge in [-0.25, -0.2) is 13.1 Å². The topological polar surface area (TPSA) is 93.3 Å². The minimum Gasteiger partial charge on any atom is -0.453 e. The van der Waals surface area contributed by atoms with E-state index in [4.69, 9.17) is 4.42 Å². The molecule has 0 spiro atoms. The van der Waals surface area contributed by atoms with Gasteiger partial charge in [0.2, 0.25) is 10.0 Å². The molecule has 2 atom stereocenters. The smallest absolute Gasteiger partial charge is 0.209 e. The first-order valence-electron chi connectivity index (χ1n) is 8.64. The molecule has 1 fully saturated rings. The maximum absolute atomic E-state index is 11.6. The van der Waals surface area contributed by atoms with E-state index in [1.54, 1.807) is 6.33 Å². The van der Waals surface area contributed by atoms with Gasteiger partial charge in [0.05, 0.1) is 12.8 Å². The van der Waals surface area contributed by atoms with Crippen LogP contribution in [-0.4, -0.2) is 53.5 Å². The van der Waals surface area contributed by atoms with Gasteiger partial charge in [-0.05, 0) is 36.2 Å². The summed E-state index contributed by atoms with van der Waals surface area (Å²) in [7, 11) is -1.31. The Morgan fingerprint density at radius 2 is 2.19 bits per heavy atom. The highest BCUT2D eigenvalue weighted by atomic mass is 32.2. The Morgan fingerprint density at radius 3 is 2.85 bits per heavy atom. The van der Waals surface area contributed by atoms with Crippen LogP contribution in [0.4, 0.5) is 0 Å². The van der Waals surface area contributed by atoms with Crippen molar-refractivity contribution in [2.75, 3.05) is 19.3 Å². The first kappa shape index (κ1) is 19.4. The SMILES string of the molecule is CCC[C@@H]1CN(Cc2ccc(Sc3nncn3C)o2)C[C@H]1NS(C)(=O)=O. The monoisotopic (exact) mass is 399 g/mol. The Kier molecular flexibility index (Phi) is 6.06. The summed E-state index contributed by atoms with van der Waals surface area (Å²) in [5.41, 5.74) is 0. The van der Waals surface area contributed by atoms with Crippen molar-refractivity contribution in [1.29, 1.82) is 0 Å². The Bertz CT molecular complexity index is 833. The zero-order valence-corrected chi connectivity index (χ0v) is 16.9. The zero-order chi connectivity index (χ0) is 18.7. The number of hydrogen-bond acceptors (Lipinski definition) is 7. The minimum absolute atomic E-state index is 0.0348. The van der Waals surface area contributed by atoms with Crippen LogP contribution in [0.5, 0.6) is 0 Å². The zero-order valence-electron chi connectivity index (χ0n) is 15.3. The number of furan rings is 1. The first-order valence-corrected chi connectivity index (χ1v) is 11.3. The Morgan fingerprint density at radius 1 is 1.38 bits per heavy atom. The van der Waals surface area contributed by atoms with Crippen LogP contribution in [0, 0.1) is 5.92 Å². The van der Waals surface area contributed by atoms with Crippen molar-refractivity contribution in [3.63, 3.8) is 0 Å². The molecular formula is C16H25N5O3S2. The van der Waals surface area contributed by atoms with Crippen LogP contribution in [0.15, 0.2) is 33.1 Å². The van der Waals surface area contributed by atoms with Crippen molar-refractivity contribution in [3.05, 3.63) is 24.2 Å². The van der Waals surface area contributed by atoms with Crippen molar-refractivity contribution < 1.29 is 12.8 Å². The first-order chi connectivity index (χ1) is 12.3. The van der Waals surface area contributed by atoms with Gasteiger partial charge < -0.3 is 8.98 Å². The lowest BCUT2D eigenvalue weighted by atomic mass is 9.99. The summed E-state index contributed by atoms with van der Waals surface area (Å²) in [6.07, 6.45) is 4.93. The second-order valence-corrected chi connectivity index (χ2v) is 9.54. The van der Waals surface area contributed by atoms with Crippen LogP contribution in [0.1, 0.15) is 25.5 Å². The van der Waals surface area contributed by atoms with E-state index >= 15 is 0 Å². The molecule has 1 aliphatic rings. The standard InChI is InChI=1S/C16H25N5O3S2/c1-4-5-12-8-21(10-14(12)19-26(3,22)23)9-13-6-7-15(24-13)25-16-18-17-11-20(16)2/h6-7,11-12,14,19H,4-5,8-10H2,1-3H3/t12-,14-/m1/s1. The molecule has 1 aliphatic heterocycles. The molecule has 2 aromatic rings. The molecule has 8 nitrogen and oxygen atoms in total. The number of likely N-dealkylation sites (tertiary alicyclic amines) is 1. The van der Waals surface area contributed by atoms with Crippen molar-refractivity contribution in [1.82, 2.24) is 24.4 Å². The van der Waals surface area contributed by atoms with E-state index in [9.17, 15) is 8.42 Å². The molecule has 10 heteroatoms. The van der Waals surface area contributed by atoms with E-state index in [2.05, 4.69) is 26.7 Å². The van der Waals surface area contributed by atoms with Gasteiger partial charge >= 0.3 is 0 Å². The highest BCUT2D eigenvalue weighted by molar-refractivity contribution is 7.99. The highest BCUT2D eigenvalue weighted by Crippen LogP contribution is 2.29. The normalized spacial score (nSPS) is 21.5. The summed E-state index contributed by atoms with van der Waals surface area (Å²) in [6, 6.07) is 3.86. The Balaban J connectivity index is 1.61. The van der Waals surface area contributed by atoms with Gasteiger partial charge in [-0.15, -0.1) is 10.2 Å². The molecule has 1 N–H and O–H groups in total. The summed E-state index contributed by atoms with van der Waals surface area (Å²) in [5.74, 6) is 1.20. The van der Waals surface area contributed by atoms with Gasteiger partial charge in [0, 0.05) is 26.2 Å². The average molecular weight is 400 g/mol. The fourth-order valence-corrected chi connectivity index (χ4v) is 4.90. The number of rotatable bonds is 8. The van der Waals surface area contributed by atoms with Gasteiger partial charge in [-0.1, -0.05) is 13.3 Å². The number of nitrogens with zero attached hydrogens (tertiary/aromatic N) is 4. The quantitative estimate of drug-likeness (QED) is 0.722. The molecule has 1 saturated heterocycles. The maximum Gasteiger partial charge on any atom is 0.209 e. The van der Waals surface area contributed by atoms with E-state index in [0.717, 1.165) is 35.4 Å².